The van der Waals surface area contributed by atoms with Gasteiger partial charge in [-0.15, -0.1) is 0 Å². The summed E-state index contributed by atoms with van der Waals surface area (Å²) in [4.78, 5) is 11.3. The highest BCUT2D eigenvalue weighted by Gasteiger charge is 2.39. The first kappa shape index (κ1) is 15.7. The van der Waals surface area contributed by atoms with E-state index in [0.29, 0.717) is 13.0 Å². The smallest absolute Gasteiger partial charge is 0.340 e. The minimum atomic E-state index is -1.28. The van der Waals surface area contributed by atoms with Gasteiger partial charge in [0.1, 0.15) is 5.60 Å². The highest BCUT2D eigenvalue weighted by atomic mass is 19.2. The second-order valence-corrected chi connectivity index (χ2v) is 5.00. The Morgan fingerprint density at radius 2 is 2.24 bits per heavy atom. The van der Waals surface area contributed by atoms with Crippen LogP contribution in [0.4, 0.5) is 14.5 Å². The van der Waals surface area contributed by atoms with Crippen LogP contribution >= 0.6 is 0 Å². The third-order valence-electron chi connectivity index (χ3n) is 3.73. The lowest BCUT2D eigenvalue weighted by molar-refractivity contribution is -0.0176. The molecule has 2 atom stereocenters. The topological polar surface area (TPSA) is 67.8 Å². The Labute approximate surface area is 120 Å². The summed E-state index contributed by atoms with van der Waals surface area (Å²) in [5, 5.41) is 12.9. The Kier molecular flexibility index (Phi) is 4.43. The van der Waals surface area contributed by atoms with Crippen LogP contribution in [0.2, 0.25) is 0 Å². The van der Waals surface area contributed by atoms with E-state index in [0.717, 1.165) is 13.2 Å². The van der Waals surface area contributed by atoms with Gasteiger partial charge in [0.05, 0.1) is 24.5 Å². The van der Waals surface area contributed by atoms with Crippen molar-refractivity contribution in [3.05, 3.63) is 29.3 Å². The van der Waals surface area contributed by atoms with Crippen LogP contribution in [0.5, 0.6) is 0 Å². The largest absolute Gasteiger partial charge is 0.465 e. The Morgan fingerprint density at radius 1 is 1.52 bits per heavy atom. The van der Waals surface area contributed by atoms with Crippen LogP contribution < -0.4 is 5.32 Å². The molecule has 0 aromatic heterocycles. The van der Waals surface area contributed by atoms with Gasteiger partial charge in [0.25, 0.3) is 0 Å². The molecule has 2 rings (SSSR count). The molecule has 7 heteroatoms. The molecule has 0 saturated carbocycles. The van der Waals surface area contributed by atoms with E-state index in [1.54, 1.807) is 6.92 Å². The standard InChI is InChI=1S/C14H17F2NO4/c1-8-14(19,5-6-21-8)7-17-10-4-3-9(13(18)20-2)11(15)12(10)16/h3-4,8,17,19H,5-7H2,1-2H3. The number of carbonyl (C=O) groups is 1. The molecule has 1 fully saturated rings. The number of hydrogen-bond acceptors (Lipinski definition) is 5. The Morgan fingerprint density at radius 3 is 2.81 bits per heavy atom. The summed E-state index contributed by atoms with van der Waals surface area (Å²) >= 11 is 0. The SMILES string of the molecule is COC(=O)c1ccc(NCC2(O)CCOC2C)c(F)c1F. The zero-order chi connectivity index (χ0) is 15.6. The number of carbonyl (C=O) groups excluding carboxylic acids is 1. The van der Waals surface area contributed by atoms with Crippen LogP contribution in [0.25, 0.3) is 0 Å². The molecular formula is C14H17F2NO4. The molecular weight excluding hydrogens is 284 g/mol. The van der Waals surface area contributed by atoms with Gasteiger partial charge in [-0.3, -0.25) is 0 Å². The van der Waals surface area contributed by atoms with Gasteiger partial charge in [0.15, 0.2) is 11.6 Å². The molecule has 1 aromatic rings. The average molecular weight is 301 g/mol. The second-order valence-electron chi connectivity index (χ2n) is 5.00. The van der Waals surface area contributed by atoms with Crippen LogP contribution in [-0.4, -0.2) is 43.0 Å². The van der Waals surface area contributed by atoms with E-state index in [-0.39, 0.29) is 12.2 Å². The van der Waals surface area contributed by atoms with Crippen molar-refractivity contribution in [3.8, 4) is 0 Å². The average Bonchev–Trinajstić information content (AvgIpc) is 2.80. The molecule has 1 aliphatic heterocycles. The Balaban J connectivity index is 2.15. The van der Waals surface area contributed by atoms with Crippen molar-refractivity contribution in [2.24, 2.45) is 0 Å². The number of esters is 1. The lowest BCUT2D eigenvalue weighted by Crippen LogP contribution is -2.43. The third kappa shape index (κ3) is 2.98. The zero-order valence-corrected chi connectivity index (χ0v) is 11.8. The summed E-state index contributed by atoms with van der Waals surface area (Å²) in [5.41, 5.74) is -1.74. The minimum absolute atomic E-state index is 0.0160. The lowest BCUT2D eigenvalue weighted by Gasteiger charge is -2.26. The first-order chi connectivity index (χ1) is 9.89. The van der Waals surface area contributed by atoms with E-state index >= 15 is 0 Å². The fourth-order valence-corrected chi connectivity index (χ4v) is 2.20. The molecule has 21 heavy (non-hydrogen) atoms. The highest BCUT2D eigenvalue weighted by Crippen LogP contribution is 2.27. The van der Waals surface area contributed by atoms with Crippen molar-refractivity contribution in [2.45, 2.75) is 25.0 Å². The predicted molar refractivity (Wildman–Crippen MR) is 71.2 cm³/mol. The van der Waals surface area contributed by atoms with Gasteiger partial charge in [-0.1, -0.05) is 0 Å². The van der Waals surface area contributed by atoms with Crippen molar-refractivity contribution in [2.75, 3.05) is 25.6 Å². The van der Waals surface area contributed by atoms with Gasteiger partial charge in [-0.05, 0) is 19.1 Å². The van der Waals surface area contributed by atoms with Crippen molar-refractivity contribution < 1.29 is 28.2 Å². The first-order valence-corrected chi connectivity index (χ1v) is 6.53. The van der Waals surface area contributed by atoms with Crippen molar-refractivity contribution >= 4 is 11.7 Å². The summed E-state index contributed by atoms with van der Waals surface area (Å²) in [5.74, 6) is -3.42. The van der Waals surface area contributed by atoms with Gasteiger partial charge < -0.3 is 19.9 Å². The first-order valence-electron chi connectivity index (χ1n) is 6.53. The third-order valence-corrected chi connectivity index (χ3v) is 3.73. The lowest BCUT2D eigenvalue weighted by atomic mass is 9.96. The highest BCUT2D eigenvalue weighted by molar-refractivity contribution is 5.90. The normalized spacial score (nSPS) is 24.9. The number of halogens is 2. The predicted octanol–water partition coefficient (Wildman–Crippen LogP) is 1.70. The van der Waals surface area contributed by atoms with E-state index in [2.05, 4.69) is 10.1 Å². The Hall–Kier alpha value is -1.73. The van der Waals surface area contributed by atoms with Crippen LogP contribution in [0.3, 0.4) is 0 Å². The number of ether oxygens (including phenoxy) is 2. The summed E-state index contributed by atoms with van der Waals surface area (Å²) in [7, 11) is 1.09. The van der Waals surface area contributed by atoms with Crippen LogP contribution in [0.15, 0.2) is 12.1 Å². The van der Waals surface area contributed by atoms with Gasteiger partial charge in [-0.2, -0.15) is 0 Å². The molecule has 5 nitrogen and oxygen atoms in total. The molecule has 116 valence electrons. The van der Waals surface area contributed by atoms with Crippen molar-refractivity contribution in [1.82, 2.24) is 0 Å². The maximum absolute atomic E-state index is 13.9. The van der Waals surface area contributed by atoms with Crippen molar-refractivity contribution in [1.29, 1.82) is 0 Å². The Bertz CT molecular complexity index is 552. The van der Waals surface area contributed by atoms with E-state index in [1.807, 2.05) is 0 Å². The van der Waals surface area contributed by atoms with Crippen LogP contribution in [0, 0.1) is 11.6 Å². The molecule has 1 heterocycles. The van der Waals surface area contributed by atoms with Gasteiger partial charge >= 0.3 is 5.97 Å². The molecule has 0 amide bonds. The molecule has 1 saturated heterocycles. The number of nitrogens with one attached hydrogen (secondary N) is 1. The molecule has 0 spiro atoms. The summed E-state index contributed by atoms with van der Waals surface area (Å²) in [6.45, 7) is 2.14. The van der Waals surface area contributed by atoms with Crippen molar-refractivity contribution in [3.63, 3.8) is 0 Å². The quantitative estimate of drug-likeness (QED) is 0.829. The van der Waals surface area contributed by atoms with Gasteiger partial charge in [0.2, 0.25) is 0 Å². The fourth-order valence-electron chi connectivity index (χ4n) is 2.20. The molecule has 1 aliphatic rings. The number of anilines is 1. The maximum atomic E-state index is 13.9. The van der Waals surface area contributed by atoms with Gasteiger partial charge in [-0.25, -0.2) is 13.6 Å². The van der Waals surface area contributed by atoms with E-state index in [1.165, 1.54) is 6.07 Å². The number of aliphatic hydroxyl groups is 1. The van der Waals surface area contributed by atoms with Crippen LogP contribution in [-0.2, 0) is 9.47 Å². The van der Waals surface area contributed by atoms with E-state index in [9.17, 15) is 18.7 Å². The number of methoxy groups -OCH3 is 1. The fraction of sp³-hybridized carbons (Fsp3) is 0.500. The zero-order valence-electron chi connectivity index (χ0n) is 11.8. The molecule has 2 N–H and O–H groups in total. The molecule has 1 aromatic carbocycles. The van der Waals surface area contributed by atoms with E-state index in [4.69, 9.17) is 4.74 Å². The summed E-state index contributed by atoms with van der Waals surface area (Å²) < 4.78 is 37.3. The maximum Gasteiger partial charge on any atom is 0.340 e. The number of hydrogen-bond donors (Lipinski definition) is 2. The molecule has 2 unspecified atom stereocenters. The van der Waals surface area contributed by atoms with E-state index < -0.39 is 34.9 Å². The molecule has 0 bridgehead atoms. The monoisotopic (exact) mass is 301 g/mol. The number of benzene rings is 1. The van der Waals surface area contributed by atoms with Gasteiger partial charge in [0, 0.05) is 19.6 Å². The molecule has 0 radical (unpaired) electrons. The summed E-state index contributed by atoms with van der Waals surface area (Å²) in [6.07, 6.45) is 0.0122. The minimum Gasteiger partial charge on any atom is -0.465 e. The number of rotatable bonds is 4. The second kappa shape index (κ2) is 5.95. The van der Waals surface area contributed by atoms with Crippen LogP contribution in [0.1, 0.15) is 23.7 Å². The molecule has 0 aliphatic carbocycles. The summed E-state index contributed by atoms with van der Waals surface area (Å²) in [6, 6.07) is 2.36.